The van der Waals surface area contributed by atoms with Crippen LogP contribution in [-0.2, 0) is 4.74 Å². The minimum absolute atomic E-state index is 0.00514. The second-order valence-electron chi connectivity index (χ2n) is 8.27. The minimum Gasteiger partial charge on any atom is -0.465 e. The normalized spacial score (nSPS) is 27.7. The van der Waals surface area contributed by atoms with Gasteiger partial charge in [-0.2, -0.15) is 0 Å². The van der Waals surface area contributed by atoms with Crippen molar-refractivity contribution < 1.29 is 19.4 Å². The van der Waals surface area contributed by atoms with Crippen LogP contribution in [0, 0.1) is 0 Å². The van der Waals surface area contributed by atoms with Crippen LogP contribution in [-0.4, -0.2) is 50.9 Å². The number of nitrogens with one attached hydrogen (secondary N) is 1. The first kappa shape index (κ1) is 20.4. The summed E-state index contributed by atoms with van der Waals surface area (Å²) < 4.78 is 6.14. The number of halogens is 1. The van der Waals surface area contributed by atoms with Crippen molar-refractivity contribution in [2.45, 2.75) is 82.5 Å². The van der Waals surface area contributed by atoms with E-state index in [0.29, 0.717) is 0 Å². The number of hydrogen-bond donors (Lipinski definition) is 2. The Balaban J connectivity index is 1.52. The van der Waals surface area contributed by atoms with Gasteiger partial charge < -0.3 is 20.1 Å². The van der Waals surface area contributed by atoms with Crippen molar-refractivity contribution in [1.82, 2.24) is 15.2 Å². The van der Waals surface area contributed by atoms with Crippen LogP contribution in [0.1, 0.15) is 63.7 Å². The average Bonchev–Trinajstić information content (AvgIpc) is 3.19. The third-order valence-corrected chi connectivity index (χ3v) is 6.61. The average molecular weight is 460 g/mol. The molecule has 0 spiro atoms. The lowest BCUT2D eigenvalue weighted by molar-refractivity contribution is 0.0471. The number of amides is 2. The van der Waals surface area contributed by atoms with Crippen molar-refractivity contribution in [3.8, 4) is 0 Å². The Labute approximate surface area is 171 Å². The smallest absolute Gasteiger partial charge is 0.407 e. The minimum atomic E-state index is -0.852. The summed E-state index contributed by atoms with van der Waals surface area (Å²) in [6.45, 7) is 5.51. The summed E-state index contributed by atoms with van der Waals surface area (Å²) >= 11 is 4.94. The summed E-state index contributed by atoms with van der Waals surface area (Å²) in [6, 6.07) is 0.0833. The Morgan fingerprint density at radius 3 is 2.52 bits per heavy atom. The summed E-state index contributed by atoms with van der Waals surface area (Å²) in [5.74, 6) is 0.252. The monoisotopic (exact) mass is 459 g/mol. The zero-order chi connectivity index (χ0) is 19.8. The van der Waals surface area contributed by atoms with E-state index < -0.39 is 17.8 Å². The van der Waals surface area contributed by atoms with E-state index in [4.69, 9.17) is 4.74 Å². The van der Waals surface area contributed by atoms with Crippen LogP contribution in [0.4, 0.5) is 9.59 Å². The zero-order valence-corrected chi connectivity index (χ0v) is 18.2. The van der Waals surface area contributed by atoms with Crippen LogP contribution in [0.2, 0.25) is 0 Å². The highest BCUT2D eigenvalue weighted by Crippen LogP contribution is 2.48. The molecule has 2 amide bonds. The topological polar surface area (TPSA) is 91.8 Å². The number of carboxylic acid groups (broad SMARTS) is 1. The van der Waals surface area contributed by atoms with Crippen LogP contribution in [0.25, 0.3) is 0 Å². The molecule has 1 aromatic rings. The number of alkyl carbamates (subject to hydrolysis) is 1. The van der Waals surface area contributed by atoms with Crippen molar-refractivity contribution >= 4 is 39.5 Å². The molecule has 1 heterocycles. The number of nitrogens with zero attached hydrogens (tertiary/aromatic N) is 2. The SMILES string of the molecule is CC(C)(C)OC(=O)NC1CCC(N(C(=O)O)[C@@H]2C[C@H]2c2cnc(Br)s2)CC1. The molecule has 2 atom stereocenters. The van der Waals surface area contributed by atoms with Crippen LogP contribution in [0.5, 0.6) is 0 Å². The number of aromatic nitrogens is 1. The number of hydrogen-bond acceptors (Lipinski definition) is 5. The zero-order valence-electron chi connectivity index (χ0n) is 15.8. The highest BCUT2D eigenvalue weighted by atomic mass is 79.9. The van der Waals surface area contributed by atoms with Crippen molar-refractivity contribution in [1.29, 1.82) is 0 Å². The number of thiazole rings is 1. The Hall–Kier alpha value is -1.35. The molecule has 0 aliphatic heterocycles. The highest BCUT2D eigenvalue weighted by Gasteiger charge is 2.48. The lowest BCUT2D eigenvalue weighted by atomic mass is 9.90. The van der Waals surface area contributed by atoms with E-state index in [1.54, 1.807) is 16.2 Å². The van der Waals surface area contributed by atoms with Gasteiger partial charge >= 0.3 is 12.2 Å². The quantitative estimate of drug-likeness (QED) is 0.687. The van der Waals surface area contributed by atoms with E-state index in [-0.39, 0.29) is 24.0 Å². The van der Waals surface area contributed by atoms with E-state index in [9.17, 15) is 14.7 Å². The molecule has 7 nitrogen and oxygen atoms in total. The molecule has 0 bridgehead atoms. The second-order valence-corrected chi connectivity index (χ2v) is 10.6. The molecule has 0 aromatic carbocycles. The van der Waals surface area contributed by atoms with Crippen LogP contribution in [0.15, 0.2) is 10.1 Å². The molecule has 27 heavy (non-hydrogen) atoms. The first-order chi connectivity index (χ1) is 12.6. The summed E-state index contributed by atoms with van der Waals surface area (Å²) in [6.07, 6.45) is 4.46. The van der Waals surface area contributed by atoms with E-state index >= 15 is 0 Å². The Bertz CT molecular complexity index is 697. The Kier molecular flexibility index (Phi) is 6.00. The number of rotatable bonds is 4. The molecule has 2 saturated carbocycles. The van der Waals surface area contributed by atoms with Gasteiger partial charge in [-0.1, -0.05) is 0 Å². The molecule has 2 fully saturated rings. The van der Waals surface area contributed by atoms with E-state index in [1.165, 1.54) is 0 Å². The molecule has 150 valence electrons. The van der Waals surface area contributed by atoms with Gasteiger partial charge in [-0.15, -0.1) is 11.3 Å². The van der Waals surface area contributed by atoms with Gasteiger partial charge in [-0.25, -0.2) is 14.6 Å². The van der Waals surface area contributed by atoms with Crippen LogP contribution in [0.3, 0.4) is 0 Å². The number of carbonyl (C=O) groups is 2. The highest BCUT2D eigenvalue weighted by molar-refractivity contribution is 9.11. The van der Waals surface area contributed by atoms with Gasteiger partial charge in [0.2, 0.25) is 0 Å². The van der Waals surface area contributed by atoms with Gasteiger partial charge in [-0.05, 0) is 68.8 Å². The molecule has 2 aliphatic carbocycles. The lowest BCUT2D eigenvalue weighted by Gasteiger charge is -2.36. The maximum absolute atomic E-state index is 11.9. The maximum atomic E-state index is 11.9. The van der Waals surface area contributed by atoms with Crippen LogP contribution < -0.4 is 5.32 Å². The molecule has 3 rings (SSSR count). The molecule has 9 heteroatoms. The molecule has 0 radical (unpaired) electrons. The van der Waals surface area contributed by atoms with Gasteiger partial charge in [0.15, 0.2) is 3.92 Å². The molecular formula is C18H26BrN3O4S. The fourth-order valence-electron chi connectivity index (χ4n) is 3.77. The standard InChI is InChI=1S/C18H26BrN3O4S/c1-18(2,3)26-16(23)21-10-4-6-11(7-5-10)22(17(24)25)13-8-12(13)14-9-20-15(19)27-14/h9-13H,4-8H2,1-3H3,(H,21,23)(H,24,25)/t10?,11?,12-,13-/m1/s1. The molecule has 0 saturated heterocycles. The fraction of sp³-hybridized carbons (Fsp3) is 0.722. The molecule has 2 aliphatic rings. The number of ether oxygens (including phenoxy) is 1. The third-order valence-electron chi connectivity index (χ3n) is 5.01. The third kappa shape index (κ3) is 5.34. The van der Waals surface area contributed by atoms with E-state index in [2.05, 4.69) is 26.2 Å². The Morgan fingerprint density at radius 2 is 2.00 bits per heavy atom. The summed E-state index contributed by atoms with van der Waals surface area (Å²) in [5.41, 5.74) is -0.520. The van der Waals surface area contributed by atoms with Crippen molar-refractivity contribution in [3.05, 3.63) is 15.0 Å². The van der Waals surface area contributed by atoms with E-state index in [0.717, 1.165) is 40.9 Å². The van der Waals surface area contributed by atoms with Gasteiger partial charge in [0.1, 0.15) is 5.60 Å². The molecular weight excluding hydrogens is 434 g/mol. The van der Waals surface area contributed by atoms with Crippen molar-refractivity contribution in [2.75, 3.05) is 0 Å². The van der Waals surface area contributed by atoms with Gasteiger partial charge in [0.05, 0.1) is 0 Å². The Morgan fingerprint density at radius 1 is 1.33 bits per heavy atom. The van der Waals surface area contributed by atoms with Gasteiger partial charge in [-0.3, -0.25) is 0 Å². The van der Waals surface area contributed by atoms with Gasteiger partial charge in [0.25, 0.3) is 0 Å². The summed E-state index contributed by atoms with van der Waals surface area (Å²) in [5, 5.41) is 12.7. The first-order valence-corrected chi connectivity index (χ1v) is 10.9. The summed E-state index contributed by atoms with van der Waals surface area (Å²) in [4.78, 5) is 30.8. The largest absolute Gasteiger partial charge is 0.465 e. The predicted octanol–water partition coefficient (Wildman–Crippen LogP) is 4.58. The van der Waals surface area contributed by atoms with Gasteiger partial charge in [0, 0.05) is 35.1 Å². The fourth-order valence-corrected chi connectivity index (χ4v) is 5.25. The molecule has 0 unspecified atom stereocenters. The summed E-state index contributed by atoms with van der Waals surface area (Å²) in [7, 11) is 0. The first-order valence-electron chi connectivity index (χ1n) is 9.26. The van der Waals surface area contributed by atoms with Crippen LogP contribution >= 0.6 is 27.3 Å². The second kappa shape index (κ2) is 7.95. The maximum Gasteiger partial charge on any atom is 0.407 e. The number of carbonyl (C=O) groups excluding carboxylic acids is 1. The van der Waals surface area contributed by atoms with Crippen molar-refractivity contribution in [3.63, 3.8) is 0 Å². The molecule has 2 N–H and O–H groups in total. The van der Waals surface area contributed by atoms with E-state index in [1.807, 2.05) is 27.0 Å². The lowest BCUT2D eigenvalue weighted by Crippen LogP contribution is -2.47. The van der Waals surface area contributed by atoms with Crippen molar-refractivity contribution in [2.24, 2.45) is 0 Å². The predicted molar refractivity (Wildman–Crippen MR) is 106 cm³/mol. The molecule has 1 aromatic heterocycles.